The van der Waals surface area contributed by atoms with Gasteiger partial charge in [0, 0.05) is 91.8 Å². The monoisotopic (exact) mass is 1970 g/mol. The van der Waals surface area contributed by atoms with E-state index in [1.54, 1.807) is 67.8 Å². The highest BCUT2D eigenvalue weighted by Gasteiger charge is 2.44. The molecule has 2 aromatic carbocycles. The number of fused-ring (bicyclic) bond motifs is 2. The van der Waals surface area contributed by atoms with Crippen LogP contribution in [0.25, 0.3) is 21.8 Å². The third-order valence-corrected chi connectivity index (χ3v) is 24.0. The maximum Gasteiger partial charge on any atom is 0.326 e. The van der Waals surface area contributed by atoms with Gasteiger partial charge in [-0.15, -0.1) is 0 Å². The van der Waals surface area contributed by atoms with Crippen LogP contribution in [0.4, 0.5) is 0 Å². The minimum atomic E-state index is -1.98. The standard InChI is InChI=1S/C88H134N26O24S/c1-7-44(4)69(82(133)108-61(41-115)77(128)104-57(28-30-67(120)121)85(136)114-35-17-26-64(114)80(131)102-56(27-29-66(118)119)74(125)107-60(86(137)138)37-48-40-99-52-21-11-9-19-50(48)52)111-83(134)70(46(6)116)112-78(129)62(42-139)109-75(126)58(36-47-39-98-51-20-10-8-18-49(47)51)105-73(124)55(24-15-33-97-88(94)95)103-81(132)68(43(2)3)110-76(127)59(38-65(91)117)106-72(123)53(22-12-13-31-89)100-71(122)54(23-14-32-96-87(92)93)101-79(130)63-25-16-34-113(63)84(135)45(5)90/h8-11,18-21,39-40,43-46,53-64,68-70,98-99,115-116,139H,7,12-17,22-38,41-42,89-90H2,1-6H3,(H2,91,117)(H,100,122)(H,101,130)(H,102,131)(H,103,132)(H,104,128)(H,105,124)(H,106,123)(H,107,125)(H,108,133)(H,109,126)(H,110,127)(H,111,134)(H,112,129)(H,118,119)(H,120,121)(H,137,138)(H4,92,93,96)(H4,94,95,97)/t44-,45-,46+,53-,54-,55-,56-,57-,58-,59-,60-,61-,62-,63-,64-,68-,69-,70-/m0/s1. The summed E-state index contributed by atoms with van der Waals surface area (Å²) in [7, 11) is 0. The lowest BCUT2D eigenvalue weighted by molar-refractivity contribution is -0.144. The van der Waals surface area contributed by atoms with E-state index in [9.17, 15) is 107 Å². The zero-order chi connectivity index (χ0) is 103. The second-order valence-corrected chi connectivity index (χ2v) is 35.1. The predicted octanol–water partition coefficient (Wildman–Crippen LogP) is -6.58. The first-order valence-corrected chi connectivity index (χ1v) is 46.6. The van der Waals surface area contributed by atoms with Crippen molar-refractivity contribution in [1.82, 2.24) is 99.5 Å². The first kappa shape index (κ1) is 114. The number of amides is 16. The molecule has 2 aliphatic heterocycles. The zero-order valence-corrected chi connectivity index (χ0v) is 79.2. The van der Waals surface area contributed by atoms with Crippen molar-refractivity contribution in [2.45, 2.75) is 266 Å². The summed E-state index contributed by atoms with van der Waals surface area (Å²) in [4.78, 5) is 273. The molecule has 4 heterocycles. The molecule has 2 fully saturated rings. The molecule has 4 aromatic rings. The lowest BCUT2D eigenvalue weighted by Gasteiger charge is -2.31. The highest BCUT2D eigenvalue weighted by Crippen LogP contribution is 2.26. The molecule has 2 saturated heterocycles. The number of carboxylic acid groups (broad SMARTS) is 3. The molecule has 0 unspecified atom stereocenters. The van der Waals surface area contributed by atoms with Gasteiger partial charge in [0.1, 0.15) is 90.6 Å². The van der Waals surface area contributed by atoms with E-state index in [-0.39, 0.29) is 116 Å². The van der Waals surface area contributed by atoms with E-state index in [1.165, 1.54) is 32.6 Å². The van der Waals surface area contributed by atoms with E-state index in [2.05, 4.69) is 102 Å². The molecular weight excluding hydrogens is 1840 g/mol. The number of aromatic amines is 2. The predicted molar refractivity (Wildman–Crippen MR) is 506 cm³/mol. The summed E-state index contributed by atoms with van der Waals surface area (Å²) in [6.07, 6.45) is -1.76. The van der Waals surface area contributed by atoms with Crippen molar-refractivity contribution < 1.29 is 117 Å². The van der Waals surface area contributed by atoms with Crippen LogP contribution in [0.3, 0.4) is 0 Å². The number of aliphatic hydroxyl groups excluding tert-OH is 2. The zero-order valence-electron chi connectivity index (χ0n) is 78.3. The SMILES string of the molecule is CC[C@H](C)[C@H](NC(=O)[C@@H](NC(=O)[C@H](CS)NC(=O)[C@H](Cc1c[nH]c2ccccc12)NC(=O)[C@H](CCCNC(=N)N)NC(=O)[C@@H](NC(=O)[C@H](CC(N)=O)NC(=O)[C@H](CCCCN)NC(=O)[C@H](CCCNC(=N)N)NC(=O)[C@@H]1CCCN1C(=O)[C@H](C)N)C(C)C)[C@@H](C)O)C(=O)N[C@@H](CO)C(=O)N[C@@H](CCC(=O)O)C(=O)N1CCC[C@H]1C(=O)N[C@@H](CCC(=O)O)C(=O)N[C@@H](Cc1c[nH]c2ccccc12)C(=O)O. The number of hydrogen-bond acceptors (Lipinski definition) is 26. The molecular formula is C88H134N26O24S. The first-order chi connectivity index (χ1) is 65.8. The number of aliphatic carboxylic acids is 3. The molecule has 18 atom stereocenters. The number of nitrogens with zero attached hydrogens (tertiary/aromatic N) is 2. The number of nitrogens with one attached hydrogen (secondary N) is 19. The molecule has 0 saturated carbocycles. The summed E-state index contributed by atoms with van der Waals surface area (Å²) in [6.45, 7) is 7.64. The first-order valence-electron chi connectivity index (χ1n) is 46.0. The number of carbonyl (C=O) groups is 19. The fourth-order valence-electron chi connectivity index (χ4n) is 15.8. The maximum absolute atomic E-state index is 15.1. The van der Waals surface area contributed by atoms with E-state index >= 15 is 9.59 Å². The van der Waals surface area contributed by atoms with Crippen LogP contribution in [-0.4, -0.2) is 317 Å². The van der Waals surface area contributed by atoms with Crippen LogP contribution in [0.5, 0.6) is 0 Å². The van der Waals surface area contributed by atoms with Crippen LogP contribution in [0.1, 0.15) is 162 Å². The number of rotatable bonds is 59. The number of guanidine groups is 2. The number of aromatic nitrogens is 2. The molecule has 51 heteroatoms. The van der Waals surface area contributed by atoms with Crippen LogP contribution < -0.4 is 108 Å². The third kappa shape index (κ3) is 35.3. The Morgan fingerprint density at radius 1 is 0.460 bits per heavy atom. The number of H-pyrrole nitrogens is 2. The van der Waals surface area contributed by atoms with Crippen LogP contribution in [-0.2, 0) is 104 Å². The van der Waals surface area contributed by atoms with Gasteiger partial charge in [0.15, 0.2) is 11.9 Å². The molecule has 0 bridgehead atoms. The molecule has 2 aliphatic rings. The van der Waals surface area contributed by atoms with Gasteiger partial charge < -0.3 is 154 Å². The lowest BCUT2D eigenvalue weighted by atomic mass is 9.97. The van der Waals surface area contributed by atoms with E-state index < -0.39 is 277 Å². The van der Waals surface area contributed by atoms with Crippen molar-refractivity contribution in [3.63, 3.8) is 0 Å². The van der Waals surface area contributed by atoms with Gasteiger partial charge in [0.25, 0.3) is 0 Å². The lowest BCUT2D eigenvalue weighted by Crippen LogP contribution is -2.63. The summed E-state index contributed by atoms with van der Waals surface area (Å²) in [5.74, 6) is -23.9. The Labute approximate surface area is 806 Å². The largest absolute Gasteiger partial charge is 0.481 e. The summed E-state index contributed by atoms with van der Waals surface area (Å²) >= 11 is 4.34. The summed E-state index contributed by atoms with van der Waals surface area (Å²) in [5.41, 5.74) is 30.6. The number of aliphatic hydroxyl groups is 2. The van der Waals surface area contributed by atoms with E-state index in [0.717, 1.165) is 11.8 Å². The molecule has 139 heavy (non-hydrogen) atoms. The normalized spacial score (nSPS) is 16.9. The van der Waals surface area contributed by atoms with Gasteiger partial charge in [-0.3, -0.25) is 97.1 Å². The van der Waals surface area contributed by atoms with Crippen molar-refractivity contribution in [3.05, 3.63) is 72.1 Å². The fraction of sp³-hybridized carbons (Fsp3) is 0.580. The van der Waals surface area contributed by atoms with Crippen molar-refractivity contribution in [2.24, 2.45) is 40.5 Å². The summed E-state index contributed by atoms with van der Waals surface area (Å²) < 4.78 is 0. The number of para-hydroxylation sites is 2. The average molecular weight is 1970 g/mol. The van der Waals surface area contributed by atoms with Crippen molar-refractivity contribution in [3.8, 4) is 0 Å². The number of nitrogens with two attached hydrogens (primary N) is 5. The van der Waals surface area contributed by atoms with Gasteiger partial charge in [-0.1, -0.05) is 70.5 Å². The molecule has 6 rings (SSSR count). The topological polar surface area (TPSA) is 822 Å². The van der Waals surface area contributed by atoms with Gasteiger partial charge >= 0.3 is 17.9 Å². The quantitative estimate of drug-likeness (QED) is 0.00846. The smallest absolute Gasteiger partial charge is 0.326 e. The number of carbonyl (C=O) groups excluding carboxylic acids is 16. The Hall–Kier alpha value is -13.8. The molecule has 0 spiro atoms. The highest BCUT2D eigenvalue weighted by atomic mass is 32.1. The molecule has 0 aliphatic carbocycles. The molecule has 34 N–H and O–H groups in total. The maximum atomic E-state index is 15.1. The second-order valence-electron chi connectivity index (χ2n) is 34.7. The number of hydrogen-bond donors (Lipinski definition) is 30. The number of likely N-dealkylation sites (tertiary alicyclic amines) is 2. The summed E-state index contributed by atoms with van der Waals surface area (Å²) in [6, 6.07) is -11.7. The van der Waals surface area contributed by atoms with E-state index in [0.29, 0.717) is 45.8 Å². The van der Waals surface area contributed by atoms with Gasteiger partial charge in [0.2, 0.25) is 94.5 Å². The molecule has 0 radical (unpaired) electrons. The molecule has 2 aromatic heterocycles. The van der Waals surface area contributed by atoms with Gasteiger partial charge in [-0.2, -0.15) is 12.6 Å². The second kappa shape index (κ2) is 56.2. The van der Waals surface area contributed by atoms with Gasteiger partial charge in [-0.25, -0.2) is 4.79 Å². The molecule has 50 nitrogen and oxygen atoms in total. The minimum absolute atomic E-state index is 0.0199. The Morgan fingerprint density at radius 2 is 0.842 bits per heavy atom. The van der Waals surface area contributed by atoms with E-state index in [1.807, 2.05) is 0 Å². The van der Waals surface area contributed by atoms with Gasteiger partial charge in [-0.05, 0) is 139 Å². The summed E-state index contributed by atoms with van der Waals surface area (Å²) in [5, 5.41) is 106. The highest BCUT2D eigenvalue weighted by molar-refractivity contribution is 7.80. The number of primary amides is 1. The Morgan fingerprint density at radius 3 is 1.30 bits per heavy atom. The van der Waals surface area contributed by atoms with E-state index in [4.69, 9.17) is 39.5 Å². The number of carboxylic acids is 3. The van der Waals surface area contributed by atoms with Crippen LogP contribution >= 0.6 is 12.6 Å². The van der Waals surface area contributed by atoms with Crippen LogP contribution in [0.15, 0.2) is 60.9 Å². The van der Waals surface area contributed by atoms with Crippen LogP contribution in [0.2, 0.25) is 0 Å². The Kier molecular flexibility index (Phi) is 46.0. The fourth-order valence-corrected chi connectivity index (χ4v) is 16.1. The van der Waals surface area contributed by atoms with Crippen LogP contribution in [0, 0.1) is 22.7 Å². The van der Waals surface area contributed by atoms with Crippen molar-refractivity contribution >= 4 is 159 Å². The van der Waals surface area contributed by atoms with Crippen molar-refractivity contribution in [2.75, 3.05) is 45.1 Å². The average Bonchev–Trinajstić information content (AvgIpc) is 1.68. The number of thiol groups is 1. The number of benzene rings is 2. The van der Waals surface area contributed by atoms with Crippen molar-refractivity contribution in [1.29, 1.82) is 10.8 Å². The third-order valence-electron chi connectivity index (χ3n) is 23.6. The molecule has 16 amide bonds. The Balaban J connectivity index is 1.18. The number of unbranched alkanes of at least 4 members (excludes halogenated alkanes) is 1. The van der Waals surface area contributed by atoms with Gasteiger partial charge in [0.05, 0.1) is 25.2 Å². The minimum Gasteiger partial charge on any atom is -0.481 e. The Bertz CT molecular complexity index is 5010. The molecule has 766 valence electrons.